The summed E-state index contributed by atoms with van der Waals surface area (Å²) in [6.07, 6.45) is -3.99. The van der Waals surface area contributed by atoms with Crippen molar-refractivity contribution in [2.24, 2.45) is 0 Å². The van der Waals surface area contributed by atoms with Gasteiger partial charge in [0.05, 0.1) is 29.8 Å². The van der Waals surface area contributed by atoms with Crippen LogP contribution in [0.3, 0.4) is 0 Å². The van der Waals surface area contributed by atoms with E-state index < -0.39 is 23.3 Å². The third-order valence-corrected chi connectivity index (χ3v) is 2.97. The van der Waals surface area contributed by atoms with Gasteiger partial charge < -0.3 is 15.4 Å². The molecule has 0 aliphatic carbocycles. The first-order valence-corrected chi connectivity index (χ1v) is 6.17. The van der Waals surface area contributed by atoms with Crippen molar-refractivity contribution >= 4 is 11.7 Å². The molecular formula is C13H12F3N3O2. The molecule has 2 N–H and O–H groups in total. The summed E-state index contributed by atoms with van der Waals surface area (Å²) in [7, 11) is 0. The number of hydrogen-bond donors (Lipinski definition) is 2. The lowest BCUT2D eigenvalue weighted by atomic mass is 10.1. The number of urea groups is 1. The van der Waals surface area contributed by atoms with E-state index in [4.69, 9.17) is 10.00 Å². The molecule has 8 heteroatoms. The molecule has 1 fully saturated rings. The maximum atomic E-state index is 12.8. The van der Waals surface area contributed by atoms with Crippen LogP contribution >= 0.6 is 0 Å². The molecule has 0 saturated carbocycles. The van der Waals surface area contributed by atoms with E-state index in [2.05, 4.69) is 10.6 Å². The summed E-state index contributed by atoms with van der Waals surface area (Å²) >= 11 is 0. The van der Waals surface area contributed by atoms with Crippen LogP contribution in [0.15, 0.2) is 18.2 Å². The second-order valence-electron chi connectivity index (χ2n) is 4.53. The van der Waals surface area contributed by atoms with E-state index in [1.165, 1.54) is 12.1 Å². The minimum atomic E-state index is -4.65. The van der Waals surface area contributed by atoms with Crippen molar-refractivity contribution in [2.45, 2.75) is 18.6 Å². The first-order valence-electron chi connectivity index (χ1n) is 6.17. The normalized spacial score (nSPS) is 18.1. The highest BCUT2D eigenvalue weighted by atomic mass is 19.4. The molecule has 0 spiro atoms. The largest absolute Gasteiger partial charge is 0.417 e. The van der Waals surface area contributed by atoms with Gasteiger partial charge in [0.2, 0.25) is 0 Å². The highest BCUT2D eigenvalue weighted by molar-refractivity contribution is 5.89. The number of nitriles is 1. The number of nitrogens with zero attached hydrogens (tertiary/aromatic N) is 1. The molecule has 1 unspecified atom stereocenters. The van der Waals surface area contributed by atoms with Crippen molar-refractivity contribution in [3.05, 3.63) is 29.3 Å². The van der Waals surface area contributed by atoms with Crippen LogP contribution in [-0.2, 0) is 10.9 Å². The molecule has 0 aromatic heterocycles. The molecule has 1 atom stereocenters. The first kappa shape index (κ1) is 15.1. The van der Waals surface area contributed by atoms with Crippen LogP contribution < -0.4 is 10.6 Å². The van der Waals surface area contributed by atoms with Gasteiger partial charge in [-0.25, -0.2) is 4.79 Å². The van der Waals surface area contributed by atoms with Crippen LogP contribution in [0.5, 0.6) is 0 Å². The molecule has 112 valence electrons. The Morgan fingerprint density at radius 3 is 2.76 bits per heavy atom. The summed E-state index contributed by atoms with van der Waals surface area (Å²) in [6, 6.07) is 3.73. The monoisotopic (exact) mass is 299 g/mol. The van der Waals surface area contributed by atoms with E-state index in [9.17, 15) is 18.0 Å². The van der Waals surface area contributed by atoms with Crippen molar-refractivity contribution < 1.29 is 22.7 Å². The minimum Gasteiger partial charge on any atom is -0.379 e. The molecular weight excluding hydrogens is 287 g/mol. The van der Waals surface area contributed by atoms with Gasteiger partial charge in [0.15, 0.2) is 0 Å². The van der Waals surface area contributed by atoms with Gasteiger partial charge in [-0.3, -0.25) is 0 Å². The number of carbonyl (C=O) groups is 1. The number of ether oxygens (including phenoxy) is 1. The molecule has 1 aliphatic heterocycles. The zero-order chi connectivity index (χ0) is 15.5. The SMILES string of the molecule is N#Cc1ccc(NC(=O)NC2CCOC2)cc1C(F)(F)F. The third kappa shape index (κ3) is 3.86. The average molecular weight is 299 g/mol. The van der Waals surface area contributed by atoms with Gasteiger partial charge in [0, 0.05) is 12.3 Å². The molecule has 0 bridgehead atoms. The molecule has 1 aliphatic rings. The molecule has 5 nitrogen and oxygen atoms in total. The Morgan fingerprint density at radius 1 is 1.43 bits per heavy atom. The van der Waals surface area contributed by atoms with Crippen LogP contribution in [0.1, 0.15) is 17.5 Å². The summed E-state index contributed by atoms with van der Waals surface area (Å²) < 4.78 is 43.4. The van der Waals surface area contributed by atoms with Gasteiger partial charge in [0.25, 0.3) is 0 Å². The third-order valence-electron chi connectivity index (χ3n) is 2.97. The van der Waals surface area contributed by atoms with E-state index >= 15 is 0 Å². The zero-order valence-corrected chi connectivity index (χ0v) is 10.8. The lowest BCUT2D eigenvalue weighted by Gasteiger charge is -2.14. The zero-order valence-electron chi connectivity index (χ0n) is 10.8. The van der Waals surface area contributed by atoms with Crippen LogP contribution in [0.25, 0.3) is 0 Å². The Bertz CT molecular complexity index is 575. The van der Waals surface area contributed by atoms with Gasteiger partial charge in [-0.1, -0.05) is 0 Å². The lowest BCUT2D eigenvalue weighted by Crippen LogP contribution is -2.38. The summed E-state index contributed by atoms with van der Waals surface area (Å²) in [4.78, 5) is 11.7. The van der Waals surface area contributed by atoms with Crippen molar-refractivity contribution in [3.63, 3.8) is 0 Å². The Balaban J connectivity index is 2.10. The van der Waals surface area contributed by atoms with E-state index in [1.807, 2.05) is 0 Å². The summed E-state index contributed by atoms with van der Waals surface area (Å²) in [5, 5.41) is 13.6. The Kier molecular flexibility index (Phi) is 4.33. The highest BCUT2D eigenvalue weighted by Crippen LogP contribution is 2.33. The summed E-state index contributed by atoms with van der Waals surface area (Å²) in [5.74, 6) is 0. The number of alkyl halides is 3. The van der Waals surface area contributed by atoms with Crippen molar-refractivity contribution in [2.75, 3.05) is 18.5 Å². The molecule has 0 radical (unpaired) electrons. The number of anilines is 1. The van der Waals surface area contributed by atoms with Gasteiger partial charge >= 0.3 is 12.2 Å². The van der Waals surface area contributed by atoms with Crippen molar-refractivity contribution in [1.29, 1.82) is 5.26 Å². The highest BCUT2D eigenvalue weighted by Gasteiger charge is 2.34. The fraction of sp³-hybridized carbons (Fsp3) is 0.385. The topological polar surface area (TPSA) is 74.2 Å². The van der Waals surface area contributed by atoms with Gasteiger partial charge in [-0.2, -0.15) is 18.4 Å². The Morgan fingerprint density at radius 2 is 2.19 bits per heavy atom. The summed E-state index contributed by atoms with van der Waals surface area (Å²) in [6.45, 7) is 0.925. The number of rotatable bonds is 2. The van der Waals surface area contributed by atoms with E-state index in [0.717, 1.165) is 12.1 Å². The molecule has 1 heterocycles. The quantitative estimate of drug-likeness (QED) is 0.881. The van der Waals surface area contributed by atoms with Crippen molar-refractivity contribution in [3.8, 4) is 6.07 Å². The number of hydrogen-bond acceptors (Lipinski definition) is 3. The minimum absolute atomic E-state index is 0.0299. The summed E-state index contributed by atoms with van der Waals surface area (Å²) in [5.41, 5.74) is -1.60. The molecule has 21 heavy (non-hydrogen) atoms. The van der Waals surface area contributed by atoms with Gasteiger partial charge in [-0.15, -0.1) is 0 Å². The predicted octanol–water partition coefficient (Wildman–Crippen LogP) is 2.49. The number of benzene rings is 1. The standard InChI is InChI=1S/C13H12F3N3O2/c14-13(15,16)11-5-9(2-1-8(11)6-17)18-12(20)19-10-3-4-21-7-10/h1-2,5,10H,3-4,7H2,(H2,18,19,20). The van der Waals surface area contributed by atoms with Gasteiger partial charge in [0.1, 0.15) is 0 Å². The molecule has 2 rings (SSSR count). The fourth-order valence-corrected chi connectivity index (χ4v) is 1.95. The second kappa shape index (κ2) is 6.01. The first-order chi connectivity index (χ1) is 9.90. The maximum Gasteiger partial charge on any atom is 0.417 e. The Labute approximate surface area is 118 Å². The number of carbonyl (C=O) groups excluding carboxylic acids is 1. The Hall–Kier alpha value is -2.27. The molecule has 2 amide bonds. The lowest BCUT2D eigenvalue weighted by molar-refractivity contribution is -0.137. The van der Waals surface area contributed by atoms with Crippen LogP contribution in [0.2, 0.25) is 0 Å². The van der Waals surface area contributed by atoms with Crippen LogP contribution in [0.4, 0.5) is 23.7 Å². The number of amides is 2. The van der Waals surface area contributed by atoms with E-state index in [1.54, 1.807) is 0 Å². The molecule has 1 aromatic carbocycles. The smallest absolute Gasteiger partial charge is 0.379 e. The predicted molar refractivity (Wildman–Crippen MR) is 67.5 cm³/mol. The van der Waals surface area contributed by atoms with Crippen LogP contribution in [0, 0.1) is 11.3 Å². The van der Waals surface area contributed by atoms with E-state index in [0.29, 0.717) is 19.6 Å². The number of halogens is 3. The molecule has 1 aromatic rings. The van der Waals surface area contributed by atoms with Crippen LogP contribution in [-0.4, -0.2) is 25.3 Å². The number of nitrogens with one attached hydrogen (secondary N) is 2. The van der Waals surface area contributed by atoms with Crippen molar-refractivity contribution in [1.82, 2.24) is 5.32 Å². The molecule has 1 saturated heterocycles. The average Bonchev–Trinajstić information content (AvgIpc) is 2.90. The fourth-order valence-electron chi connectivity index (χ4n) is 1.95. The van der Waals surface area contributed by atoms with E-state index in [-0.39, 0.29) is 11.7 Å². The second-order valence-corrected chi connectivity index (χ2v) is 4.53. The van der Waals surface area contributed by atoms with Gasteiger partial charge in [-0.05, 0) is 24.6 Å². The maximum absolute atomic E-state index is 12.8.